The molecule has 120 valence electrons. The first-order valence-electron chi connectivity index (χ1n) is 7.37. The lowest BCUT2D eigenvalue weighted by atomic mass is 10.1. The van der Waals surface area contributed by atoms with E-state index < -0.39 is 5.97 Å². The molecule has 5 nitrogen and oxygen atoms in total. The number of rotatable bonds is 4. The molecule has 0 aliphatic heterocycles. The van der Waals surface area contributed by atoms with Crippen LogP contribution in [0.2, 0.25) is 0 Å². The second-order valence-electron chi connectivity index (χ2n) is 5.34. The highest BCUT2D eigenvalue weighted by Crippen LogP contribution is 2.25. The Balaban J connectivity index is 1.90. The third-order valence-electron chi connectivity index (χ3n) is 3.58. The Morgan fingerprint density at radius 2 is 1.67 bits per heavy atom. The molecule has 2 aromatic carbocycles. The average molecular weight is 320 g/mol. The quantitative estimate of drug-likeness (QED) is 0.673. The van der Waals surface area contributed by atoms with Gasteiger partial charge in [0.15, 0.2) is 0 Å². The highest BCUT2D eigenvalue weighted by molar-refractivity contribution is 5.90. The molecule has 1 aromatic heterocycles. The molecule has 0 bridgehead atoms. The number of ether oxygens (including phenoxy) is 1. The maximum absolute atomic E-state index is 11.6. The number of methoxy groups -OCH3 is 1. The van der Waals surface area contributed by atoms with Gasteiger partial charge in [-0.05, 0) is 42.8 Å². The van der Waals surface area contributed by atoms with Crippen molar-refractivity contribution in [1.82, 2.24) is 10.2 Å². The zero-order valence-corrected chi connectivity index (χ0v) is 13.4. The molecule has 0 spiro atoms. The number of hydrogen-bond acceptors (Lipinski definition) is 5. The monoisotopic (exact) mass is 320 g/mol. The molecule has 0 saturated carbocycles. The van der Waals surface area contributed by atoms with Crippen molar-refractivity contribution in [2.45, 2.75) is 6.92 Å². The summed E-state index contributed by atoms with van der Waals surface area (Å²) in [4.78, 5) is 11.6. The van der Waals surface area contributed by atoms with Crippen molar-refractivity contribution in [3.05, 3.63) is 66.2 Å². The maximum Gasteiger partial charge on any atom is 0.337 e. The van der Waals surface area contributed by atoms with Gasteiger partial charge in [0.2, 0.25) is 11.8 Å². The first kappa shape index (κ1) is 15.7. The summed E-state index contributed by atoms with van der Waals surface area (Å²) in [5, 5.41) is 8.14. The van der Waals surface area contributed by atoms with Crippen LogP contribution in [0.5, 0.6) is 0 Å². The van der Waals surface area contributed by atoms with Gasteiger partial charge in [0.1, 0.15) is 0 Å². The number of allylic oxidation sites excluding steroid dienone is 1. The fourth-order valence-corrected chi connectivity index (χ4v) is 2.25. The van der Waals surface area contributed by atoms with Gasteiger partial charge >= 0.3 is 5.97 Å². The van der Waals surface area contributed by atoms with Crippen LogP contribution < -0.4 is 0 Å². The molecular formula is C19H16N2O3. The highest BCUT2D eigenvalue weighted by Gasteiger charge is 2.13. The standard InChI is InChI=1S/C19H16N2O3/c1-12(2)13-7-9-14(10-8-13)17-20-21-18(24-17)15-5-4-6-16(11-15)19(22)23-3/h4-11H,1H2,2-3H3. The predicted molar refractivity (Wildman–Crippen MR) is 91.2 cm³/mol. The molecule has 0 atom stereocenters. The number of esters is 1. The zero-order valence-electron chi connectivity index (χ0n) is 13.4. The van der Waals surface area contributed by atoms with Crippen LogP contribution in [0.3, 0.4) is 0 Å². The van der Waals surface area contributed by atoms with Gasteiger partial charge in [0.25, 0.3) is 0 Å². The minimum absolute atomic E-state index is 0.347. The lowest BCUT2D eigenvalue weighted by molar-refractivity contribution is 0.0601. The predicted octanol–water partition coefficient (Wildman–Crippen LogP) is 4.22. The van der Waals surface area contributed by atoms with Crippen molar-refractivity contribution in [2.75, 3.05) is 7.11 Å². The summed E-state index contributed by atoms with van der Waals surface area (Å²) < 4.78 is 10.4. The maximum atomic E-state index is 11.6. The van der Waals surface area contributed by atoms with Gasteiger partial charge in [-0.2, -0.15) is 0 Å². The van der Waals surface area contributed by atoms with Gasteiger partial charge in [0, 0.05) is 11.1 Å². The number of carbonyl (C=O) groups is 1. The Morgan fingerprint density at radius 3 is 2.29 bits per heavy atom. The van der Waals surface area contributed by atoms with Crippen molar-refractivity contribution in [1.29, 1.82) is 0 Å². The number of carbonyl (C=O) groups excluding carboxylic acids is 1. The van der Waals surface area contributed by atoms with Gasteiger partial charge < -0.3 is 9.15 Å². The molecule has 0 aliphatic rings. The van der Waals surface area contributed by atoms with Crippen LogP contribution in [0.15, 0.2) is 59.5 Å². The van der Waals surface area contributed by atoms with Crippen LogP contribution in [-0.2, 0) is 4.74 Å². The van der Waals surface area contributed by atoms with Crippen molar-refractivity contribution in [3.63, 3.8) is 0 Å². The SMILES string of the molecule is C=C(C)c1ccc(-c2nnc(-c3cccc(C(=O)OC)c3)o2)cc1. The molecule has 0 radical (unpaired) electrons. The summed E-state index contributed by atoms with van der Waals surface area (Å²) in [5.74, 6) is 0.355. The van der Waals surface area contributed by atoms with Crippen LogP contribution in [0.4, 0.5) is 0 Å². The molecule has 5 heteroatoms. The first-order chi connectivity index (χ1) is 11.6. The van der Waals surface area contributed by atoms with Gasteiger partial charge in [-0.25, -0.2) is 4.79 Å². The van der Waals surface area contributed by atoms with E-state index in [1.165, 1.54) is 7.11 Å². The molecule has 0 amide bonds. The Bertz CT molecular complexity index is 895. The third-order valence-corrected chi connectivity index (χ3v) is 3.58. The summed E-state index contributed by atoms with van der Waals surface area (Å²) in [7, 11) is 1.34. The van der Waals surface area contributed by atoms with Crippen molar-refractivity contribution in [2.24, 2.45) is 0 Å². The fourth-order valence-electron chi connectivity index (χ4n) is 2.25. The molecule has 0 saturated heterocycles. The van der Waals surface area contributed by atoms with Crippen LogP contribution in [0.1, 0.15) is 22.8 Å². The second kappa shape index (κ2) is 6.50. The highest BCUT2D eigenvalue weighted by atomic mass is 16.5. The summed E-state index contributed by atoms with van der Waals surface area (Å²) >= 11 is 0. The van der Waals surface area contributed by atoms with E-state index in [1.807, 2.05) is 31.2 Å². The Morgan fingerprint density at radius 1 is 1.00 bits per heavy atom. The number of benzene rings is 2. The Labute approximate surface area is 139 Å². The summed E-state index contributed by atoms with van der Waals surface area (Å²) in [6, 6.07) is 14.6. The Hall–Kier alpha value is -3.21. The number of aromatic nitrogens is 2. The normalized spacial score (nSPS) is 10.4. The first-order valence-corrected chi connectivity index (χ1v) is 7.37. The van der Waals surface area contributed by atoms with Crippen molar-refractivity contribution in [3.8, 4) is 22.9 Å². The minimum Gasteiger partial charge on any atom is -0.465 e. The van der Waals surface area contributed by atoms with Gasteiger partial charge in [-0.1, -0.05) is 30.4 Å². The average Bonchev–Trinajstić information content (AvgIpc) is 3.11. The zero-order chi connectivity index (χ0) is 17.1. The molecule has 3 rings (SSSR count). The molecule has 24 heavy (non-hydrogen) atoms. The molecule has 0 N–H and O–H groups in total. The summed E-state index contributed by atoms with van der Waals surface area (Å²) in [6.07, 6.45) is 0. The molecule has 0 aliphatic carbocycles. The van der Waals surface area contributed by atoms with Crippen LogP contribution in [0.25, 0.3) is 28.5 Å². The lowest BCUT2D eigenvalue weighted by Gasteiger charge is -2.01. The van der Waals surface area contributed by atoms with Gasteiger partial charge in [-0.3, -0.25) is 0 Å². The van der Waals surface area contributed by atoms with Crippen molar-refractivity contribution >= 4 is 11.5 Å². The van der Waals surface area contributed by atoms with E-state index in [0.717, 1.165) is 16.7 Å². The topological polar surface area (TPSA) is 65.2 Å². The van der Waals surface area contributed by atoms with Gasteiger partial charge in [0.05, 0.1) is 12.7 Å². The second-order valence-corrected chi connectivity index (χ2v) is 5.34. The van der Waals surface area contributed by atoms with E-state index >= 15 is 0 Å². The lowest BCUT2D eigenvalue weighted by Crippen LogP contribution is -2.00. The molecule has 0 fully saturated rings. The van der Waals surface area contributed by atoms with E-state index in [9.17, 15) is 4.79 Å². The summed E-state index contributed by atoms with van der Waals surface area (Å²) in [5.41, 5.74) is 3.97. The van der Waals surface area contributed by atoms with Crippen LogP contribution >= 0.6 is 0 Å². The largest absolute Gasteiger partial charge is 0.465 e. The minimum atomic E-state index is -0.410. The van der Waals surface area contributed by atoms with Gasteiger partial charge in [-0.15, -0.1) is 10.2 Å². The van der Waals surface area contributed by atoms with Crippen molar-refractivity contribution < 1.29 is 13.9 Å². The summed E-state index contributed by atoms with van der Waals surface area (Å²) in [6.45, 7) is 5.86. The number of nitrogens with zero attached hydrogens (tertiary/aromatic N) is 2. The van der Waals surface area contributed by atoms with E-state index in [4.69, 9.17) is 9.15 Å². The van der Waals surface area contributed by atoms with E-state index in [-0.39, 0.29) is 0 Å². The van der Waals surface area contributed by atoms with Crippen LogP contribution in [0, 0.1) is 0 Å². The van der Waals surface area contributed by atoms with Crippen LogP contribution in [-0.4, -0.2) is 23.3 Å². The molecular weight excluding hydrogens is 304 g/mol. The van der Waals surface area contributed by atoms with E-state index in [1.54, 1.807) is 24.3 Å². The molecule has 1 heterocycles. The fraction of sp³-hybridized carbons (Fsp3) is 0.105. The molecule has 3 aromatic rings. The van der Waals surface area contributed by atoms with E-state index in [2.05, 4.69) is 16.8 Å². The Kier molecular flexibility index (Phi) is 4.24. The smallest absolute Gasteiger partial charge is 0.337 e. The third kappa shape index (κ3) is 3.10. The molecule has 0 unspecified atom stereocenters. The van der Waals surface area contributed by atoms with E-state index in [0.29, 0.717) is 22.9 Å². The number of hydrogen-bond donors (Lipinski definition) is 0.